The zero-order valence-corrected chi connectivity index (χ0v) is 20.0. The highest BCUT2D eigenvalue weighted by Gasteiger charge is 2.33. The van der Waals surface area contributed by atoms with Crippen molar-refractivity contribution < 1.29 is 13.9 Å². The van der Waals surface area contributed by atoms with Gasteiger partial charge in [-0.15, -0.1) is 0 Å². The highest BCUT2D eigenvalue weighted by Crippen LogP contribution is 2.32. The largest absolute Gasteiger partial charge is 0.397 e. The van der Waals surface area contributed by atoms with E-state index < -0.39 is 5.67 Å². The molecule has 2 aliphatic rings. The molecule has 2 saturated heterocycles. The number of pyridine rings is 1. The molecule has 2 N–H and O–H groups in total. The Morgan fingerprint density at radius 2 is 1.94 bits per heavy atom. The Bertz CT molecular complexity index is 1240. The Labute approximate surface area is 204 Å². The summed E-state index contributed by atoms with van der Waals surface area (Å²) in [7, 11) is 0. The first-order chi connectivity index (χ1) is 17.0. The minimum Gasteiger partial charge on any atom is -0.397 e. The fraction of sp³-hybridized carbons (Fsp3) is 0.423. The van der Waals surface area contributed by atoms with E-state index in [1.54, 1.807) is 18.6 Å². The summed E-state index contributed by atoms with van der Waals surface area (Å²) < 4.78 is 28.2. The summed E-state index contributed by atoms with van der Waals surface area (Å²) >= 11 is 0. The van der Waals surface area contributed by atoms with Gasteiger partial charge in [0.2, 0.25) is 0 Å². The number of alkyl halides is 1. The second-order valence-electron chi connectivity index (χ2n) is 9.17. The lowest BCUT2D eigenvalue weighted by atomic mass is 9.96. The summed E-state index contributed by atoms with van der Waals surface area (Å²) in [5.74, 6) is 0. The van der Waals surface area contributed by atoms with Crippen LogP contribution < -0.4 is 10.6 Å². The molecule has 0 saturated carbocycles. The molecule has 184 valence electrons. The summed E-state index contributed by atoms with van der Waals surface area (Å²) in [6, 6.07) is 9.90. The van der Waals surface area contributed by atoms with Crippen LogP contribution in [0.4, 0.5) is 15.8 Å². The number of nitrogens with two attached hydrogens (primary N) is 1. The van der Waals surface area contributed by atoms with Crippen LogP contribution in [0.3, 0.4) is 0 Å². The van der Waals surface area contributed by atoms with Gasteiger partial charge in [-0.2, -0.15) is 0 Å². The molecule has 0 spiro atoms. The molecule has 3 aromatic rings. The van der Waals surface area contributed by atoms with Crippen molar-refractivity contribution in [3.63, 3.8) is 0 Å². The number of anilines is 1. The lowest BCUT2D eigenvalue weighted by Gasteiger charge is -2.30. The maximum Gasteiger partial charge on any atom is 0.162 e. The van der Waals surface area contributed by atoms with E-state index in [1.807, 2.05) is 41.8 Å². The fourth-order valence-corrected chi connectivity index (χ4v) is 4.52. The van der Waals surface area contributed by atoms with Gasteiger partial charge in [-0.25, -0.2) is 14.4 Å². The molecule has 0 aliphatic carbocycles. The van der Waals surface area contributed by atoms with Crippen molar-refractivity contribution in [3.05, 3.63) is 54.0 Å². The van der Waals surface area contributed by atoms with E-state index >= 15 is 4.39 Å². The number of aliphatic imine (C=N–C) groups is 1. The average Bonchev–Trinajstić information content (AvgIpc) is 3.26. The van der Waals surface area contributed by atoms with Crippen molar-refractivity contribution in [2.75, 3.05) is 44.4 Å². The molecule has 0 unspecified atom stereocenters. The molecule has 0 atom stereocenters. The van der Waals surface area contributed by atoms with Gasteiger partial charge in [0.15, 0.2) is 5.65 Å². The number of fused-ring (bicyclic) bond motifs is 1. The number of hydrogen-bond donors (Lipinski definition) is 1. The fourth-order valence-electron chi connectivity index (χ4n) is 4.52. The Kier molecular flexibility index (Phi) is 6.79. The Morgan fingerprint density at radius 1 is 1.17 bits per heavy atom. The number of rotatable bonds is 6. The third-order valence-electron chi connectivity index (χ3n) is 6.52. The smallest absolute Gasteiger partial charge is 0.162 e. The average molecular weight is 479 g/mol. The van der Waals surface area contributed by atoms with Gasteiger partial charge in [-0.05, 0) is 36.8 Å². The lowest BCUT2D eigenvalue weighted by Crippen LogP contribution is -2.36. The molecular formula is C26H31FN6O2. The zero-order chi connectivity index (χ0) is 24.3. The van der Waals surface area contributed by atoms with Crippen LogP contribution in [-0.2, 0) is 16.0 Å². The van der Waals surface area contributed by atoms with E-state index in [0.29, 0.717) is 56.3 Å². The molecule has 0 amide bonds. The quantitative estimate of drug-likeness (QED) is 0.542. The molecule has 0 radical (unpaired) electrons. The van der Waals surface area contributed by atoms with Crippen LogP contribution in [0.1, 0.15) is 24.1 Å². The SMILES string of the molecule is Cc1cccc(N=C/C=C(\N)c2cc(N3CCOCC3)c3ncn(CC4(F)CCOCC4)c3n2)c1. The topological polar surface area (TPSA) is 90.8 Å². The first-order valence-electron chi connectivity index (χ1n) is 12.0. The lowest BCUT2D eigenvalue weighted by molar-refractivity contribution is -0.0172. The van der Waals surface area contributed by atoms with Gasteiger partial charge in [0.25, 0.3) is 0 Å². The summed E-state index contributed by atoms with van der Waals surface area (Å²) in [5, 5.41) is 0. The van der Waals surface area contributed by atoms with Gasteiger partial charge < -0.3 is 24.7 Å². The zero-order valence-electron chi connectivity index (χ0n) is 20.0. The van der Waals surface area contributed by atoms with Crippen LogP contribution in [0.2, 0.25) is 0 Å². The van der Waals surface area contributed by atoms with Crippen molar-refractivity contribution in [1.29, 1.82) is 0 Å². The van der Waals surface area contributed by atoms with Gasteiger partial charge in [0.1, 0.15) is 11.2 Å². The Balaban J connectivity index is 1.50. The van der Waals surface area contributed by atoms with Crippen molar-refractivity contribution in [3.8, 4) is 0 Å². The maximum absolute atomic E-state index is 15.5. The molecule has 35 heavy (non-hydrogen) atoms. The summed E-state index contributed by atoms with van der Waals surface area (Å²) in [5.41, 5.74) is 10.5. The highest BCUT2D eigenvalue weighted by molar-refractivity contribution is 5.91. The number of allylic oxidation sites excluding steroid dienone is 1. The van der Waals surface area contributed by atoms with Crippen molar-refractivity contribution in [2.45, 2.75) is 32.0 Å². The van der Waals surface area contributed by atoms with E-state index in [2.05, 4.69) is 14.9 Å². The van der Waals surface area contributed by atoms with Crippen LogP contribution in [-0.4, -0.2) is 65.9 Å². The first-order valence-corrected chi connectivity index (χ1v) is 12.0. The van der Waals surface area contributed by atoms with Crippen LogP contribution in [0.5, 0.6) is 0 Å². The molecule has 1 aromatic carbocycles. The molecule has 2 aliphatic heterocycles. The second-order valence-corrected chi connectivity index (χ2v) is 9.17. The van der Waals surface area contributed by atoms with Gasteiger partial charge in [0.05, 0.1) is 48.9 Å². The Morgan fingerprint density at radius 3 is 2.71 bits per heavy atom. The van der Waals surface area contributed by atoms with Crippen molar-refractivity contribution in [2.24, 2.45) is 10.7 Å². The second kappa shape index (κ2) is 10.1. The van der Waals surface area contributed by atoms with Gasteiger partial charge in [0, 0.05) is 45.4 Å². The normalized spacial score (nSPS) is 19.0. The highest BCUT2D eigenvalue weighted by atomic mass is 19.1. The standard InChI is InChI=1S/C26H31FN6O2/c1-19-3-2-4-20(15-19)29-8-5-21(28)22-16-23(32-9-13-35-14-10-32)24-25(31-22)33(18-30-24)17-26(27)6-11-34-12-7-26/h2-5,8,15-16,18H,6-7,9-14,17,28H2,1H3/b21-5-,29-8?. The molecule has 0 bridgehead atoms. The van der Waals surface area contributed by atoms with E-state index in [9.17, 15) is 0 Å². The minimum atomic E-state index is -1.34. The molecule has 2 fully saturated rings. The number of aryl methyl sites for hydroxylation is 1. The number of ether oxygens (including phenoxy) is 2. The van der Waals surface area contributed by atoms with Crippen molar-refractivity contribution in [1.82, 2.24) is 14.5 Å². The van der Waals surface area contributed by atoms with E-state index in [4.69, 9.17) is 20.2 Å². The molecule has 4 heterocycles. The Hall–Kier alpha value is -3.30. The molecule has 8 nitrogen and oxygen atoms in total. The summed E-state index contributed by atoms with van der Waals surface area (Å²) in [6.07, 6.45) is 5.83. The number of imidazole rings is 1. The number of hydrogen-bond acceptors (Lipinski definition) is 7. The molecule has 5 rings (SSSR count). The van der Waals surface area contributed by atoms with Crippen molar-refractivity contribution >= 4 is 34.5 Å². The number of morpholine rings is 1. The number of halogens is 1. The van der Waals surface area contributed by atoms with Gasteiger partial charge in [-0.3, -0.25) is 4.99 Å². The van der Waals surface area contributed by atoms with E-state index in [-0.39, 0.29) is 6.54 Å². The van der Waals surface area contributed by atoms with E-state index in [0.717, 1.165) is 35.5 Å². The molecular weight excluding hydrogens is 447 g/mol. The first kappa shape index (κ1) is 23.4. The van der Waals surface area contributed by atoms with Crippen LogP contribution >= 0.6 is 0 Å². The van der Waals surface area contributed by atoms with Crippen LogP contribution in [0.25, 0.3) is 16.9 Å². The predicted octanol–water partition coefficient (Wildman–Crippen LogP) is 3.80. The third kappa shape index (κ3) is 5.36. The maximum atomic E-state index is 15.5. The minimum absolute atomic E-state index is 0.185. The van der Waals surface area contributed by atoms with E-state index in [1.165, 1.54) is 0 Å². The summed E-state index contributed by atoms with van der Waals surface area (Å²) in [4.78, 5) is 16.2. The molecule has 2 aromatic heterocycles. The van der Waals surface area contributed by atoms with Crippen LogP contribution in [0, 0.1) is 6.92 Å². The number of nitrogens with zero attached hydrogens (tertiary/aromatic N) is 5. The summed E-state index contributed by atoms with van der Waals surface area (Å²) in [6.45, 7) is 5.84. The predicted molar refractivity (Wildman–Crippen MR) is 136 cm³/mol. The van der Waals surface area contributed by atoms with Gasteiger partial charge in [-0.1, -0.05) is 12.1 Å². The third-order valence-corrected chi connectivity index (χ3v) is 6.52. The monoisotopic (exact) mass is 478 g/mol. The molecule has 9 heteroatoms. The van der Waals surface area contributed by atoms with Gasteiger partial charge >= 0.3 is 0 Å². The number of aromatic nitrogens is 3. The number of benzene rings is 1. The van der Waals surface area contributed by atoms with Crippen LogP contribution in [0.15, 0.2) is 47.7 Å².